The number of esters is 1. The van der Waals surface area contributed by atoms with Gasteiger partial charge in [0, 0.05) is 60.3 Å². The molecule has 2 rings (SSSR count). The highest BCUT2D eigenvalue weighted by atomic mass is 16.7. The second kappa shape index (κ2) is 38.6. The van der Waals surface area contributed by atoms with Crippen LogP contribution in [-0.2, 0) is 19.0 Å². The van der Waals surface area contributed by atoms with Gasteiger partial charge in [0.15, 0.2) is 6.29 Å². The quantitative estimate of drug-likeness (QED) is 0.116. The van der Waals surface area contributed by atoms with Crippen LogP contribution in [-0.4, -0.2) is 228 Å². The monoisotopic (exact) mass is 1190 g/mol. The van der Waals surface area contributed by atoms with E-state index in [0.29, 0.717) is 50.6 Å². The average Bonchev–Trinajstić information content (AvgIpc) is 3.63. The standard InChI is InChI=1S/C61H109NO21/c1-32-15-10-11-19-47(70)38(7)55(75)33(2)16-12-17-35(4)60(80)81-51(37(6)46(69)20-14-24-62)21-13-18-41(64)26-42(65)28-48(71)39(8)56(76)40(9)49(72)29-43(66)27-44(67)30-50(73)52(25-36(5)54(74)34(3)22-23-45(32)68)82-61-59(79)58(78)57(77)53(31-63)83-61/h10,13,15,17-18,22-23,25,32-34,37-59,61,63-79H,11-12,14,16,19-21,24,26-31,62H2,1-9H3/b15-10+,18-13+,23-22+,35-17+,36-25+/t32?,33?,34?,37?,38?,39?,40?,41?,42?,43?,44?,45?,46?,47?,48?,49?,50?,51?,52?,53-,54?,55?,56?,57-,58+,59+,61+/m1/s1. The molecule has 0 bridgehead atoms. The molecule has 0 spiro atoms. The van der Waals surface area contributed by atoms with Crippen molar-refractivity contribution in [3.05, 3.63) is 59.8 Å². The fourth-order valence-corrected chi connectivity index (χ4v) is 10.5. The fourth-order valence-electron chi connectivity index (χ4n) is 10.5. The van der Waals surface area contributed by atoms with Crippen LogP contribution in [0.5, 0.6) is 0 Å². The number of nitrogens with two attached hydrogens (primary N) is 1. The third-order valence-electron chi connectivity index (χ3n) is 17.0. The maximum Gasteiger partial charge on any atom is 0.333 e. The molecule has 22 heteroatoms. The Hall–Kier alpha value is -2.63. The van der Waals surface area contributed by atoms with Gasteiger partial charge in [-0.1, -0.05) is 97.1 Å². The van der Waals surface area contributed by atoms with Crippen LogP contribution in [0.15, 0.2) is 59.8 Å². The summed E-state index contributed by atoms with van der Waals surface area (Å²) in [5.41, 5.74) is 6.22. The van der Waals surface area contributed by atoms with Crippen molar-refractivity contribution in [1.29, 1.82) is 0 Å². The van der Waals surface area contributed by atoms with E-state index in [4.69, 9.17) is 19.9 Å². The molecule has 0 aromatic rings. The number of hydrogen-bond acceptors (Lipinski definition) is 22. The largest absolute Gasteiger partial charge is 0.458 e. The first-order valence-corrected chi connectivity index (χ1v) is 29.9. The van der Waals surface area contributed by atoms with E-state index in [9.17, 15) is 91.6 Å². The number of cyclic esters (lactones) is 1. The van der Waals surface area contributed by atoms with Crippen molar-refractivity contribution in [3.8, 4) is 0 Å². The summed E-state index contributed by atoms with van der Waals surface area (Å²) in [5, 5.41) is 186. The van der Waals surface area contributed by atoms with Crippen molar-refractivity contribution in [3.63, 3.8) is 0 Å². The number of aliphatic hydroxyl groups is 17. The third kappa shape index (κ3) is 25.9. The second-order valence-electron chi connectivity index (χ2n) is 24.2. The summed E-state index contributed by atoms with van der Waals surface area (Å²) in [6.07, 6.45) is -13.2. The molecule has 22 nitrogen and oxygen atoms in total. The summed E-state index contributed by atoms with van der Waals surface area (Å²) in [4.78, 5) is 13.4. The topological polar surface area (TPSA) is 415 Å². The maximum atomic E-state index is 13.4. The summed E-state index contributed by atoms with van der Waals surface area (Å²) in [6, 6.07) is 0. The molecule has 0 saturated carbocycles. The molecule has 2 aliphatic rings. The molecular formula is C61H109NO21. The van der Waals surface area contributed by atoms with E-state index in [1.165, 1.54) is 39.0 Å². The minimum absolute atomic E-state index is 0.0959. The molecule has 0 aromatic heterocycles. The van der Waals surface area contributed by atoms with Crippen LogP contribution in [0.2, 0.25) is 0 Å². The van der Waals surface area contributed by atoms with Gasteiger partial charge in [0.2, 0.25) is 0 Å². The Bertz CT molecular complexity index is 1960. The first-order chi connectivity index (χ1) is 38.9. The van der Waals surface area contributed by atoms with Gasteiger partial charge in [-0.3, -0.25) is 0 Å². The Morgan fingerprint density at radius 2 is 1.22 bits per heavy atom. The van der Waals surface area contributed by atoms with Crippen molar-refractivity contribution in [2.45, 2.75) is 262 Å². The molecule has 83 heavy (non-hydrogen) atoms. The molecule has 0 amide bonds. The normalized spacial score (nSPS) is 44.2. The van der Waals surface area contributed by atoms with Crippen LogP contribution in [0.3, 0.4) is 0 Å². The molecule has 1 saturated heterocycles. The summed E-state index contributed by atoms with van der Waals surface area (Å²) in [5.74, 6) is -4.84. The molecule has 19 N–H and O–H groups in total. The van der Waals surface area contributed by atoms with E-state index in [1.54, 1.807) is 58.9 Å². The molecular weight excluding hydrogens is 1080 g/mol. The zero-order chi connectivity index (χ0) is 63.0. The number of carbonyl (C=O) groups is 1. The molecule has 22 unspecified atom stereocenters. The Balaban J connectivity index is 2.45. The zero-order valence-electron chi connectivity index (χ0n) is 50.4. The molecule has 1 fully saturated rings. The molecule has 0 aromatic carbocycles. The van der Waals surface area contributed by atoms with Crippen LogP contribution in [0, 0.1) is 41.4 Å². The number of hydrogen-bond donors (Lipinski definition) is 18. The zero-order valence-corrected chi connectivity index (χ0v) is 50.4. The number of allylic oxidation sites excluding steroid dienone is 2. The van der Waals surface area contributed by atoms with Gasteiger partial charge in [0.1, 0.15) is 36.6 Å². The first-order valence-electron chi connectivity index (χ1n) is 29.9. The number of carbonyl (C=O) groups excluding carboxylic acids is 1. The van der Waals surface area contributed by atoms with Gasteiger partial charge < -0.3 is 107 Å². The molecule has 0 aliphatic carbocycles. The van der Waals surface area contributed by atoms with E-state index in [1.807, 2.05) is 13.0 Å². The summed E-state index contributed by atoms with van der Waals surface area (Å²) >= 11 is 0. The van der Waals surface area contributed by atoms with Crippen molar-refractivity contribution < 1.29 is 106 Å². The van der Waals surface area contributed by atoms with Gasteiger partial charge in [0.25, 0.3) is 0 Å². The van der Waals surface area contributed by atoms with Crippen molar-refractivity contribution in [2.24, 2.45) is 47.2 Å². The second-order valence-corrected chi connectivity index (χ2v) is 24.2. The van der Waals surface area contributed by atoms with Crippen LogP contribution in [0.4, 0.5) is 0 Å². The smallest absolute Gasteiger partial charge is 0.333 e. The van der Waals surface area contributed by atoms with Crippen LogP contribution in [0.25, 0.3) is 0 Å². The summed E-state index contributed by atoms with van der Waals surface area (Å²) in [6.45, 7) is 14.5. The highest BCUT2D eigenvalue weighted by Crippen LogP contribution is 2.30. The van der Waals surface area contributed by atoms with E-state index < -0.39 is 183 Å². The van der Waals surface area contributed by atoms with Gasteiger partial charge in [-0.25, -0.2) is 4.79 Å². The lowest BCUT2D eigenvalue weighted by molar-refractivity contribution is -0.313. The van der Waals surface area contributed by atoms with Crippen LogP contribution >= 0.6 is 0 Å². The first kappa shape index (κ1) is 76.5. The molecule has 27 atom stereocenters. The van der Waals surface area contributed by atoms with Crippen LogP contribution in [0.1, 0.15) is 139 Å². The lowest BCUT2D eigenvalue weighted by Crippen LogP contribution is -2.60. The lowest BCUT2D eigenvalue weighted by atomic mass is 9.82. The Morgan fingerprint density at radius 1 is 0.639 bits per heavy atom. The van der Waals surface area contributed by atoms with Crippen LogP contribution < -0.4 is 5.73 Å². The van der Waals surface area contributed by atoms with Crippen molar-refractivity contribution in [2.75, 3.05) is 13.2 Å². The minimum atomic E-state index is -1.88. The van der Waals surface area contributed by atoms with E-state index >= 15 is 0 Å². The summed E-state index contributed by atoms with van der Waals surface area (Å²) in [7, 11) is 0. The third-order valence-corrected chi connectivity index (χ3v) is 17.0. The summed E-state index contributed by atoms with van der Waals surface area (Å²) < 4.78 is 17.4. The number of aliphatic hydroxyl groups excluding tert-OH is 17. The molecule has 0 radical (unpaired) electrons. The molecule has 2 aliphatic heterocycles. The van der Waals surface area contributed by atoms with Gasteiger partial charge in [0.05, 0.1) is 86.0 Å². The minimum Gasteiger partial charge on any atom is -0.458 e. The fraction of sp³-hybridized carbons (Fsp3) is 0.820. The van der Waals surface area contributed by atoms with E-state index in [0.717, 1.165) is 0 Å². The highest BCUT2D eigenvalue weighted by molar-refractivity contribution is 5.87. The molecule has 2 heterocycles. The van der Waals surface area contributed by atoms with E-state index in [-0.39, 0.29) is 37.2 Å². The SMILES string of the molecule is C/C1=C\CCC(C)C(O)C(C)C(O)CC/C=C/C(C)C(O)/C=C/C(C)C(O)/C(C)=C/C(O[C@H]2O[C@H](CO)[C@@H](O)[C@H](O)[C@@H]2O)C(O)CC(O)CC(O)CC(O)C(C)C(O)C(C)C(O)CC(O)CC(O)/C=C/CC(C(C)C(O)CCCN)OC1=O. The number of ether oxygens (including phenoxy) is 3. The average molecular weight is 1190 g/mol. The molecule has 484 valence electrons. The Morgan fingerprint density at radius 3 is 1.81 bits per heavy atom. The number of rotatable bonds is 8. The highest BCUT2D eigenvalue weighted by Gasteiger charge is 2.46. The predicted octanol–water partition coefficient (Wildman–Crippen LogP) is 0.442. The predicted molar refractivity (Wildman–Crippen MR) is 310 cm³/mol. The van der Waals surface area contributed by atoms with Gasteiger partial charge in [-0.05, 0) is 89.7 Å². The van der Waals surface area contributed by atoms with E-state index in [2.05, 4.69) is 0 Å². The Kier molecular flexibility index (Phi) is 35.6. The van der Waals surface area contributed by atoms with Gasteiger partial charge in [-0.2, -0.15) is 0 Å². The maximum absolute atomic E-state index is 13.4. The van der Waals surface area contributed by atoms with Crippen molar-refractivity contribution in [1.82, 2.24) is 0 Å². The van der Waals surface area contributed by atoms with Gasteiger partial charge >= 0.3 is 5.97 Å². The van der Waals surface area contributed by atoms with Crippen molar-refractivity contribution >= 4 is 5.97 Å². The van der Waals surface area contributed by atoms with Gasteiger partial charge in [-0.15, -0.1) is 0 Å². The lowest BCUT2D eigenvalue weighted by Gasteiger charge is -2.41. The Labute approximate surface area is 492 Å².